The third kappa shape index (κ3) is 5.38. The highest BCUT2D eigenvalue weighted by Gasteiger charge is 2.34. The molecule has 10 heteroatoms. The molecule has 7 nitrogen and oxygen atoms in total. The van der Waals surface area contributed by atoms with Crippen LogP contribution in [0.5, 0.6) is 0 Å². The number of nitrogens with one attached hydrogen (secondary N) is 1. The van der Waals surface area contributed by atoms with Crippen molar-refractivity contribution < 1.29 is 27.9 Å². The fourth-order valence-electron chi connectivity index (χ4n) is 1.48. The Balaban J connectivity index is 3.10. The second-order valence-electron chi connectivity index (χ2n) is 4.31. The number of anilines is 1. The van der Waals surface area contributed by atoms with Crippen LogP contribution < -0.4 is 5.32 Å². The van der Waals surface area contributed by atoms with Crippen LogP contribution in [-0.4, -0.2) is 35.6 Å². The van der Waals surface area contributed by atoms with E-state index in [1.165, 1.54) is 20.0 Å². The van der Waals surface area contributed by atoms with E-state index < -0.39 is 35.8 Å². The minimum Gasteiger partial charge on any atom is -0.480 e. The van der Waals surface area contributed by atoms with E-state index in [2.05, 4.69) is 15.7 Å². The van der Waals surface area contributed by atoms with Crippen LogP contribution in [0.15, 0.2) is 28.5 Å². The van der Waals surface area contributed by atoms with Gasteiger partial charge >= 0.3 is 12.1 Å². The predicted octanol–water partition coefficient (Wildman–Crippen LogP) is 2.68. The first-order chi connectivity index (χ1) is 10.1. The molecule has 0 atom stereocenters. The zero-order valence-electron chi connectivity index (χ0n) is 11.7. The Morgan fingerprint density at radius 3 is 2.50 bits per heavy atom. The van der Waals surface area contributed by atoms with Gasteiger partial charge in [0.2, 0.25) is 5.91 Å². The predicted molar refractivity (Wildman–Crippen MR) is 70.5 cm³/mol. The summed E-state index contributed by atoms with van der Waals surface area (Å²) in [5.74, 6) is -1.71. The van der Waals surface area contributed by atoms with Crippen LogP contribution in [0.25, 0.3) is 0 Å². The van der Waals surface area contributed by atoms with Crippen molar-refractivity contribution in [1.29, 1.82) is 0 Å². The van der Waals surface area contributed by atoms with E-state index in [9.17, 15) is 22.8 Å². The normalized spacial score (nSPS) is 11.5. The third-order valence-corrected chi connectivity index (χ3v) is 2.29. The van der Waals surface area contributed by atoms with Gasteiger partial charge in [0, 0.05) is 19.7 Å². The molecule has 0 unspecified atom stereocenters. The number of alkyl halides is 3. The smallest absolute Gasteiger partial charge is 0.418 e. The highest BCUT2D eigenvalue weighted by molar-refractivity contribution is 5.89. The van der Waals surface area contributed by atoms with Crippen LogP contribution in [-0.2, 0) is 15.8 Å². The lowest BCUT2D eigenvalue weighted by Crippen LogP contribution is -2.19. The van der Waals surface area contributed by atoms with E-state index in [1.807, 2.05) is 0 Å². The number of carboxylic acids is 1. The number of nitrogens with zero attached hydrogens (tertiary/aromatic N) is 3. The summed E-state index contributed by atoms with van der Waals surface area (Å²) >= 11 is 0. The van der Waals surface area contributed by atoms with E-state index in [0.29, 0.717) is 0 Å². The van der Waals surface area contributed by atoms with Gasteiger partial charge in [0.05, 0.1) is 11.3 Å². The Kier molecular flexibility index (Phi) is 5.44. The van der Waals surface area contributed by atoms with E-state index in [1.54, 1.807) is 0 Å². The number of hydrogen-bond donors (Lipinski definition) is 2. The molecule has 0 saturated carbocycles. The molecule has 1 aromatic rings. The van der Waals surface area contributed by atoms with Crippen LogP contribution in [0.2, 0.25) is 0 Å². The molecule has 22 heavy (non-hydrogen) atoms. The summed E-state index contributed by atoms with van der Waals surface area (Å²) in [5, 5.41) is 18.4. The first-order valence-corrected chi connectivity index (χ1v) is 5.93. The number of aliphatic carboxylic acids is 1. The number of amides is 1. The number of rotatable bonds is 5. The van der Waals surface area contributed by atoms with E-state index in [0.717, 1.165) is 17.1 Å². The average molecular weight is 318 g/mol. The average Bonchev–Trinajstić information content (AvgIpc) is 2.34. The van der Waals surface area contributed by atoms with Gasteiger partial charge in [-0.25, -0.2) is 0 Å². The fourth-order valence-corrected chi connectivity index (χ4v) is 1.48. The maximum Gasteiger partial charge on any atom is 0.418 e. The Bertz CT molecular complexity index is 602. The summed E-state index contributed by atoms with van der Waals surface area (Å²) < 4.78 is 38.9. The second-order valence-corrected chi connectivity index (χ2v) is 4.31. The maximum atomic E-state index is 13.0. The molecule has 0 aliphatic rings. The number of carbonyl (C=O) groups is 2. The molecule has 0 aromatic heterocycles. The molecule has 0 aliphatic carbocycles. The Morgan fingerprint density at radius 1 is 1.36 bits per heavy atom. The number of benzene rings is 1. The van der Waals surface area contributed by atoms with Crippen LogP contribution in [0.3, 0.4) is 0 Å². The van der Waals surface area contributed by atoms with E-state index >= 15 is 0 Å². The van der Waals surface area contributed by atoms with Crippen LogP contribution >= 0.6 is 0 Å². The quantitative estimate of drug-likeness (QED) is 0.644. The molecule has 120 valence electrons. The molecule has 1 aromatic carbocycles. The number of hydrogen-bond acceptors (Lipinski definition) is 4. The standard InChI is InChI=1S/C12H13F3N4O3/c1-7(20)16-8-3-4-10(9(5-8)12(13,14)15)17-18-19(2)6-11(21)22/h3-5H,6H2,1-2H3,(H,16,20)(H,21,22)/b18-17+. The molecule has 1 amide bonds. The van der Waals surface area contributed by atoms with Crippen molar-refractivity contribution in [1.82, 2.24) is 5.01 Å². The molecule has 0 bridgehead atoms. The second kappa shape index (κ2) is 6.87. The highest BCUT2D eigenvalue weighted by Crippen LogP contribution is 2.38. The SMILES string of the molecule is CC(=O)Nc1ccc(/N=N/N(C)CC(=O)O)c(C(F)(F)F)c1. The number of carbonyl (C=O) groups excluding carboxylic acids is 1. The Morgan fingerprint density at radius 2 is 2.00 bits per heavy atom. The van der Waals surface area contributed by atoms with Gasteiger partial charge in [-0.05, 0) is 18.2 Å². The molecule has 0 spiro atoms. The maximum absolute atomic E-state index is 13.0. The molecular formula is C12H13F3N4O3. The Labute approximate surface area is 123 Å². The van der Waals surface area contributed by atoms with Crippen molar-refractivity contribution in [3.8, 4) is 0 Å². The Hall–Kier alpha value is -2.65. The van der Waals surface area contributed by atoms with Crippen molar-refractivity contribution in [3.05, 3.63) is 23.8 Å². The van der Waals surface area contributed by atoms with Crippen molar-refractivity contribution in [2.45, 2.75) is 13.1 Å². The number of likely N-dealkylation sites (N-methyl/N-ethyl adjacent to an activating group) is 1. The van der Waals surface area contributed by atoms with Crippen LogP contribution in [0, 0.1) is 0 Å². The molecule has 1 rings (SSSR count). The summed E-state index contributed by atoms with van der Waals surface area (Å²) in [5.41, 5.74) is -1.61. The van der Waals surface area contributed by atoms with Crippen molar-refractivity contribution in [2.75, 3.05) is 18.9 Å². The highest BCUT2D eigenvalue weighted by atomic mass is 19.4. The summed E-state index contributed by atoms with van der Waals surface area (Å²) in [6, 6.07) is 3.00. The first-order valence-electron chi connectivity index (χ1n) is 5.93. The number of carboxylic acid groups (broad SMARTS) is 1. The molecular weight excluding hydrogens is 305 g/mol. The summed E-state index contributed by atoms with van der Waals surface area (Å²) in [6.07, 6.45) is -4.70. The first kappa shape index (κ1) is 17.4. The fraction of sp³-hybridized carbons (Fsp3) is 0.333. The van der Waals surface area contributed by atoms with Gasteiger partial charge in [-0.2, -0.15) is 13.2 Å². The molecule has 0 radical (unpaired) electrons. The molecule has 0 aliphatic heterocycles. The monoisotopic (exact) mass is 318 g/mol. The van der Waals surface area contributed by atoms with E-state index in [-0.39, 0.29) is 5.69 Å². The van der Waals surface area contributed by atoms with Crippen LogP contribution in [0.1, 0.15) is 12.5 Å². The number of halogens is 3. The van der Waals surface area contributed by atoms with Crippen LogP contribution in [0.4, 0.5) is 24.5 Å². The zero-order valence-corrected chi connectivity index (χ0v) is 11.7. The molecule has 0 saturated heterocycles. The summed E-state index contributed by atoms with van der Waals surface area (Å²) in [7, 11) is 1.26. The van der Waals surface area contributed by atoms with Crippen molar-refractivity contribution >= 4 is 23.3 Å². The molecule has 0 fully saturated rings. The van der Waals surface area contributed by atoms with Gasteiger partial charge in [0.25, 0.3) is 0 Å². The lowest BCUT2D eigenvalue weighted by molar-refractivity contribution is -0.138. The van der Waals surface area contributed by atoms with Gasteiger partial charge < -0.3 is 10.4 Å². The summed E-state index contributed by atoms with van der Waals surface area (Å²) in [4.78, 5) is 21.3. The minimum absolute atomic E-state index is 0.0299. The minimum atomic E-state index is -4.70. The lowest BCUT2D eigenvalue weighted by Gasteiger charge is -2.12. The van der Waals surface area contributed by atoms with Gasteiger partial charge in [0.1, 0.15) is 6.54 Å². The lowest BCUT2D eigenvalue weighted by atomic mass is 10.1. The van der Waals surface area contributed by atoms with Gasteiger partial charge in [-0.15, -0.1) is 5.11 Å². The van der Waals surface area contributed by atoms with Gasteiger partial charge in [-0.1, -0.05) is 5.22 Å². The molecule has 0 heterocycles. The molecule has 2 N–H and O–H groups in total. The summed E-state index contributed by atoms with van der Waals surface area (Å²) in [6.45, 7) is 0.663. The van der Waals surface area contributed by atoms with Gasteiger partial charge in [0.15, 0.2) is 0 Å². The van der Waals surface area contributed by atoms with E-state index in [4.69, 9.17) is 5.11 Å². The zero-order chi connectivity index (χ0) is 16.9. The van der Waals surface area contributed by atoms with Gasteiger partial charge in [-0.3, -0.25) is 14.6 Å². The van der Waals surface area contributed by atoms with Crippen molar-refractivity contribution in [2.24, 2.45) is 10.3 Å². The van der Waals surface area contributed by atoms with Crippen molar-refractivity contribution in [3.63, 3.8) is 0 Å². The largest absolute Gasteiger partial charge is 0.480 e. The third-order valence-electron chi connectivity index (χ3n) is 2.29. The topological polar surface area (TPSA) is 94.4 Å².